The Bertz CT molecular complexity index is 513. The molecule has 116 valence electrons. The molecule has 2 rings (SSSR count). The predicted molar refractivity (Wildman–Crippen MR) is 83.1 cm³/mol. The van der Waals surface area contributed by atoms with Crippen LogP contribution < -0.4 is 10.2 Å². The molecule has 0 unspecified atom stereocenters. The zero-order chi connectivity index (χ0) is 15.6. The second-order valence-electron chi connectivity index (χ2n) is 6.35. The van der Waals surface area contributed by atoms with Gasteiger partial charge in [0.25, 0.3) is 5.91 Å². The van der Waals surface area contributed by atoms with Crippen LogP contribution in [0.5, 0.6) is 0 Å². The number of piperidine rings is 1. The van der Waals surface area contributed by atoms with Gasteiger partial charge in [-0.25, -0.2) is 4.39 Å². The number of carbonyl (C=O) groups is 1. The Morgan fingerprint density at radius 1 is 1.38 bits per heavy atom. The Kier molecular flexibility index (Phi) is 5.22. The van der Waals surface area contributed by atoms with Crippen molar-refractivity contribution in [1.82, 2.24) is 0 Å². The van der Waals surface area contributed by atoms with Crippen molar-refractivity contribution in [1.29, 1.82) is 0 Å². The van der Waals surface area contributed by atoms with Gasteiger partial charge in [0, 0.05) is 16.9 Å². The summed E-state index contributed by atoms with van der Waals surface area (Å²) in [6.07, 6.45) is 1.21. The van der Waals surface area contributed by atoms with E-state index in [1.54, 1.807) is 6.07 Å². The largest absolute Gasteiger partial charge is 0.324 e. The van der Waals surface area contributed by atoms with E-state index in [9.17, 15) is 9.18 Å². The highest BCUT2D eigenvalue weighted by atomic mass is 35.5. The molecule has 1 aliphatic heterocycles. The van der Waals surface area contributed by atoms with Crippen LogP contribution in [0.3, 0.4) is 0 Å². The van der Waals surface area contributed by atoms with E-state index in [0.29, 0.717) is 16.9 Å². The summed E-state index contributed by atoms with van der Waals surface area (Å²) in [7, 11) is 0. The lowest BCUT2D eigenvalue weighted by Gasteiger charge is -2.35. The molecule has 0 radical (unpaired) electrons. The quantitative estimate of drug-likeness (QED) is 0.882. The molecule has 0 bridgehead atoms. The molecule has 1 amide bonds. The average Bonchev–Trinajstić information content (AvgIpc) is 2.40. The Morgan fingerprint density at radius 3 is 2.57 bits per heavy atom. The number of hydrogen-bond donors (Lipinski definition) is 2. The first-order valence-corrected chi connectivity index (χ1v) is 7.85. The van der Waals surface area contributed by atoms with Crippen molar-refractivity contribution in [3.8, 4) is 0 Å². The third-order valence-electron chi connectivity index (χ3n) is 4.22. The van der Waals surface area contributed by atoms with Crippen LogP contribution >= 0.6 is 11.6 Å². The normalized spacial score (nSPS) is 27.2. The van der Waals surface area contributed by atoms with Gasteiger partial charge in [0.2, 0.25) is 0 Å². The maximum Gasteiger partial charge on any atom is 0.282 e. The van der Waals surface area contributed by atoms with Crippen LogP contribution in [0.15, 0.2) is 18.2 Å². The monoisotopic (exact) mass is 313 g/mol. The molecule has 1 aliphatic rings. The molecule has 1 fully saturated rings. The van der Waals surface area contributed by atoms with Crippen LogP contribution in [0.1, 0.15) is 27.2 Å². The van der Waals surface area contributed by atoms with Crippen molar-refractivity contribution < 1.29 is 14.1 Å². The van der Waals surface area contributed by atoms with Crippen LogP contribution in [-0.4, -0.2) is 25.0 Å². The van der Waals surface area contributed by atoms with E-state index in [2.05, 4.69) is 19.2 Å². The molecule has 0 aromatic heterocycles. The molecule has 2 N–H and O–H groups in total. The molecule has 0 saturated carbocycles. The third-order valence-corrected chi connectivity index (χ3v) is 4.46. The van der Waals surface area contributed by atoms with Crippen molar-refractivity contribution in [2.75, 3.05) is 18.4 Å². The van der Waals surface area contributed by atoms with E-state index < -0.39 is 5.82 Å². The van der Waals surface area contributed by atoms with Crippen LogP contribution in [0.25, 0.3) is 0 Å². The summed E-state index contributed by atoms with van der Waals surface area (Å²) in [6, 6.07) is 4.09. The molecular formula is C16H23ClFN2O+. The van der Waals surface area contributed by atoms with E-state index in [4.69, 9.17) is 11.6 Å². The summed E-state index contributed by atoms with van der Waals surface area (Å²) in [4.78, 5) is 13.6. The number of rotatable bonds is 3. The standard InChI is InChI=1S/C16H22ClFN2O/c1-10-6-11(2)9-20(8-10)12(3)16(21)19-15-5-4-13(17)7-14(15)18/h4-5,7,10-12H,6,8-9H2,1-3H3,(H,19,21)/p+1/t10-,11-,12-/m0/s1. The van der Waals surface area contributed by atoms with Crippen molar-refractivity contribution in [3.63, 3.8) is 0 Å². The van der Waals surface area contributed by atoms with Crippen LogP contribution in [0.2, 0.25) is 5.02 Å². The minimum atomic E-state index is -0.501. The summed E-state index contributed by atoms with van der Waals surface area (Å²) in [5.74, 6) is 0.587. The van der Waals surface area contributed by atoms with Gasteiger partial charge >= 0.3 is 0 Å². The molecule has 0 spiro atoms. The van der Waals surface area contributed by atoms with E-state index in [0.717, 1.165) is 13.1 Å². The topological polar surface area (TPSA) is 33.5 Å². The fraction of sp³-hybridized carbons (Fsp3) is 0.562. The lowest BCUT2D eigenvalue weighted by atomic mass is 9.91. The third kappa shape index (κ3) is 4.17. The molecule has 1 aromatic carbocycles. The van der Waals surface area contributed by atoms with Gasteiger partial charge in [-0.2, -0.15) is 0 Å². The fourth-order valence-electron chi connectivity index (χ4n) is 3.20. The number of quaternary nitrogens is 1. The minimum Gasteiger partial charge on any atom is -0.324 e. The Morgan fingerprint density at radius 2 is 2.00 bits per heavy atom. The van der Waals surface area contributed by atoms with Gasteiger partial charge in [-0.1, -0.05) is 25.4 Å². The Balaban J connectivity index is 2.02. The number of anilines is 1. The van der Waals surface area contributed by atoms with E-state index in [1.165, 1.54) is 23.5 Å². The van der Waals surface area contributed by atoms with Gasteiger partial charge in [-0.3, -0.25) is 4.79 Å². The average molecular weight is 314 g/mol. The minimum absolute atomic E-state index is 0.146. The molecule has 3 nitrogen and oxygen atoms in total. The predicted octanol–water partition coefficient (Wildman–Crippen LogP) is 2.37. The summed E-state index contributed by atoms with van der Waals surface area (Å²) in [6.45, 7) is 8.32. The van der Waals surface area contributed by atoms with Crippen molar-refractivity contribution in [3.05, 3.63) is 29.0 Å². The second kappa shape index (κ2) is 6.75. The number of carbonyl (C=O) groups excluding carboxylic acids is 1. The first-order chi connectivity index (χ1) is 9.86. The summed E-state index contributed by atoms with van der Waals surface area (Å²) in [5, 5.41) is 2.99. The van der Waals surface area contributed by atoms with E-state index in [1.807, 2.05) is 6.92 Å². The molecule has 1 heterocycles. The van der Waals surface area contributed by atoms with Crippen LogP contribution in [0.4, 0.5) is 10.1 Å². The summed E-state index contributed by atoms with van der Waals surface area (Å²) in [5.41, 5.74) is 0.189. The van der Waals surface area contributed by atoms with E-state index in [-0.39, 0.29) is 17.6 Å². The molecule has 1 aromatic rings. The lowest BCUT2D eigenvalue weighted by molar-refractivity contribution is -0.925. The molecule has 5 heteroatoms. The van der Waals surface area contributed by atoms with Gasteiger partial charge in [-0.15, -0.1) is 0 Å². The molecule has 3 atom stereocenters. The first kappa shape index (κ1) is 16.2. The number of benzene rings is 1. The smallest absolute Gasteiger partial charge is 0.282 e. The van der Waals surface area contributed by atoms with Gasteiger partial charge < -0.3 is 10.2 Å². The Hall–Kier alpha value is -1.13. The molecule has 1 saturated heterocycles. The number of hydrogen-bond acceptors (Lipinski definition) is 1. The summed E-state index contributed by atoms with van der Waals surface area (Å²) >= 11 is 5.71. The van der Waals surface area contributed by atoms with Crippen molar-refractivity contribution in [2.45, 2.75) is 33.2 Å². The van der Waals surface area contributed by atoms with E-state index >= 15 is 0 Å². The van der Waals surface area contributed by atoms with Gasteiger partial charge in [0.05, 0.1) is 18.8 Å². The lowest BCUT2D eigenvalue weighted by Crippen LogP contribution is -3.18. The number of halogens is 2. The molecule has 21 heavy (non-hydrogen) atoms. The molecule has 0 aliphatic carbocycles. The highest BCUT2D eigenvalue weighted by Gasteiger charge is 2.32. The summed E-state index contributed by atoms with van der Waals surface area (Å²) < 4.78 is 13.7. The van der Waals surface area contributed by atoms with Crippen LogP contribution in [0, 0.1) is 17.7 Å². The van der Waals surface area contributed by atoms with Gasteiger partial charge in [0.1, 0.15) is 5.82 Å². The van der Waals surface area contributed by atoms with Crippen LogP contribution in [-0.2, 0) is 4.79 Å². The fourth-order valence-corrected chi connectivity index (χ4v) is 3.36. The zero-order valence-electron chi connectivity index (χ0n) is 12.7. The SMILES string of the molecule is C[C@H]1C[C@H](C)C[NH+]([C@@H](C)C(=O)Nc2ccc(Cl)cc2F)C1. The van der Waals surface area contributed by atoms with Crippen molar-refractivity contribution >= 4 is 23.2 Å². The zero-order valence-corrected chi connectivity index (χ0v) is 13.5. The maximum absolute atomic E-state index is 13.7. The molecular weight excluding hydrogens is 291 g/mol. The highest BCUT2D eigenvalue weighted by Crippen LogP contribution is 2.19. The van der Waals surface area contributed by atoms with Gasteiger partial charge in [0.15, 0.2) is 6.04 Å². The van der Waals surface area contributed by atoms with Gasteiger partial charge in [-0.05, 0) is 31.5 Å². The number of amides is 1. The maximum atomic E-state index is 13.7. The first-order valence-electron chi connectivity index (χ1n) is 7.47. The highest BCUT2D eigenvalue weighted by molar-refractivity contribution is 6.30. The Labute approximate surface area is 130 Å². The number of likely N-dealkylation sites (tertiary alicyclic amines) is 1. The second-order valence-corrected chi connectivity index (χ2v) is 6.78. The number of nitrogens with one attached hydrogen (secondary N) is 2. The van der Waals surface area contributed by atoms with Crippen molar-refractivity contribution in [2.24, 2.45) is 11.8 Å².